The van der Waals surface area contributed by atoms with Gasteiger partial charge in [-0.3, -0.25) is 4.90 Å². The molecule has 0 saturated carbocycles. The van der Waals surface area contributed by atoms with Crippen LogP contribution in [0.1, 0.15) is 32.8 Å². The van der Waals surface area contributed by atoms with E-state index in [0.717, 1.165) is 19.0 Å². The summed E-state index contributed by atoms with van der Waals surface area (Å²) in [5, 5.41) is 7.51. The van der Waals surface area contributed by atoms with Crippen molar-refractivity contribution in [2.75, 3.05) is 13.1 Å². The van der Waals surface area contributed by atoms with Crippen molar-refractivity contribution in [2.45, 2.75) is 45.8 Å². The fourth-order valence-electron chi connectivity index (χ4n) is 3.21. The maximum absolute atomic E-state index is 3.73. The summed E-state index contributed by atoms with van der Waals surface area (Å²) in [5.74, 6) is 0.749. The van der Waals surface area contributed by atoms with E-state index in [2.05, 4.69) is 60.6 Å². The molecule has 1 fully saturated rings. The molecule has 0 spiro atoms. The molecule has 1 aliphatic rings. The summed E-state index contributed by atoms with van der Waals surface area (Å²) in [5.41, 5.74) is 1.49. The molecule has 0 amide bonds. The Labute approximate surface area is 132 Å². The molecule has 0 bridgehead atoms. The van der Waals surface area contributed by atoms with E-state index in [1.165, 1.54) is 28.6 Å². The first-order chi connectivity index (χ1) is 10.2. The van der Waals surface area contributed by atoms with Crippen molar-refractivity contribution < 1.29 is 0 Å². The van der Waals surface area contributed by atoms with Gasteiger partial charge in [0.05, 0.1) is 0 Å². The molecule has 3 rings (SSSR count). The van der Waals surface area contributed by atoms with Crippen LogP contribution in [0.2, 0.25) is 0 Å². The Kier molecular flexibility index (Phi) is 4.63. The summed E-state index contributed by atoms with van der Waals surface area (Å²) < 4.78 is 1.41. The highest BCUT2D eigenvalue weighted by Gasteiger charge is 2.27. The lowest BCUT2D eigenvalue weighted by Crippen LogP contribution is -2.56. The second-order valence-corrected chi connectivity index (χ2v) is 7.35. The van der Waals surface area contributed by atoms with E-state index in [4.69, 9.17) is 0 Å². The highest BCUT2D eigenvalue weighted by atomic mass is 32.1. The number of piperazine rings is 1. The smallest absolute Gasteiger partial charge is 0.0346 e. The van der Waals surface area contributed by atoms with Gasteiger partial charge < -0.3 is 5.32 Å². The maximum atomic E-state index is 3.73. The largest absolute Gasteiger partial charge is 0.311 e. The van der Waals surface area contributed by atoms with Crippen molar-refractivity contribution >= 4 is 21.4 Å². The normalized spacial score (nSPS) is 25.3. The molecule has 3 unspecified atom stereocenters. The van der Waals surface area contributed by atoms with Crippen LogP contribution in [0.4, 0.5) is 0 Å². The number of benzene rings is 1. The van der Waals surface area contributed by atoms with Crippen LogP contribution in [-0.2, 0) is 6.54 Å². The molecule has 2 nitrogen and oxygen atoms in total. The average Bonchev–Trinajstić information content (AvgIpc) is 2.92. The van der Waals surface area contributed by atoms with Gasteiger partial charge in [0.15, 0.2) is 0 Å². The number of thiophene rings is 1. The summed E-state index contributed by atoms with van der Waals surface area (Å²) in [6, 6.07) is 10.0. The molecule has 1 aliphatic heterocycles. The van der Waals surface area contributed by atoms with Crippen molar-refractivity contribution in [1.29, 1.82) is 0 Å². The topological polar surface area (TPSA) is 15.3 Å². The fourth-order valence-corrected chi connectivity index (χ4v) is 4.16. The molecule has 1 aromatic heterocycles. The number of nitrogens with zero attached hydrogens (tertiary/aromatic N) is 1. The van der Waals surface area contributed by atoms with Crippen LogP contribution in [0.25, 0.3) is 10.1 Å². The zero-order valence-electron chi connectivity index (χ0n) is 13.3. The van der Waals surface area contributed by atoms with Gasteiger partial charge in [0.25, 0.3) is 0 Å². The van der Waals surface area contributed by atoms with E-state index in [1.54, 1.807) is 0 Å². The molecule has 1 saturated heterocycles. The first-order valence-corrected chi connectivity index (χ1v) is 8.99. The lowest BCUT2D eigenvalue weighted by Gasteiger charge is -2.41. The summed E-state index contributed by atoms with van der Waals surface area (Å²) in [6.07, 6.45) is 1.25. The Morgan fingerprint density at radius 3 is 3.00 bits per heavy atom. The molecule has 3 atom stereocenters. The quantitative estimate of drug-likeness (QED) is 0.914. The first-order valence-electron chi connectivity index (χ1n) is 8.11. The number of rotatable bonds is 4. The van der Waals surface area contributed by atoms with Crippen LogP contribution in [-0.4, -0.2) is 30.1 Å². The van der Waals surface area contributed by atoms with Gasteiger partial charge in [-0.25, -0.2) is 0 Å². The van der Waals surface area contributed by atoms with E-state index in [0.29, 0.717) is 12.1 Å². The zero-order chi connectivity index (χ0) is 14.8. The van der Waals surface area contributed by atoms with Gasteiger partial charge in [-0.05, 0) is 35.2 Å². The molecular formula is C18H26N2S. The monoisotopic (exact) mass is 302 g/mol. The average molecular weight is 302 g/mol. The Morgan fingerprint density at radius 1 is 1.38 bits per heavy atom. The van der Waals surface area contributed by atoms with Gasteiger partial charge in [-0.2, -0.15) is 0 Å². The van der Waals surface area contributed by atoms with E-state index in [9.17, 15) is 0 Å². The number of nitrogens with one attached hydrogen (secondary N) is 1. The summed E-state index contributed by atoms with van der Waals surface area (Å²) in [6.45, 7) is 10.4. The lowest BCUT2D eigenvalue weighted by atomic mass is 9.95. The minimum atomic E-state index is 0.615. The second-order valence-electron chi connectivity index (χ2n) is 6.44. The molecular weight excluding hydrogens is 276 g/mol. The predicted octanol–water partition coefficient (Wildman–Crippen LogP) is 4.11. The third kappa shape index (κ3) is 3.15. The van der Waals surface area contributed by atoms with Gasteiger partial charge in [-0.15, -0.1) is 11.3 Å². The van der Waals surface area contributed by atoms with Gasteiger partial charge >= 0.3 is 0 Å². The first kappa shape index (κ1) is 15.0. The Morgan fingerprint density at radius 2 is 2.19 bits per heavy atom. The number of hydrogen-bond donors (Lipinski definition) is 1. The SMILES string of the molecule is CCC(C)C1CN(Cc2csc3ccccc23)C(C)CN1. The third-order valence-corrected chi connectivity index (χ3v) is 6.01. The third-order valence-electron chi connectivity index (χ3n) is 5.00. The van der Waals surface area contributed by atoms with Gasteiger partial charge in [0, 0.05) is 36.4 Å². The van der Waals surface area contributed by atoms with E-state index >= 15 is 0 Å². The molecule has 1 aromatic carbocycles. The minimum absolute atomic E-state index is 0.615. The molecule has 21 heavy (non-hydrogen) atoms. The molecule has 114 valence electrons. The van der Waals surface area contributed by atoms with Gasteiger partial charge in [-0.1, -0.05) is 38.5 Å². The molecule has 1 N–H and O–H groups in total. The van der Waals surface area contributed by atoms with Crippen molar-refractivity contribution in [3.63, 3.8) is 0 Å². The standard InChI is InChI=1S/C18H26N2S/c1-4-13(2)17-11-20(14(3)9-19-17)10-15-12-21-18-8-6-5-7-16(15)18/h5-8,12-14,17,19H,4,9-11H2,1-3H3. The molecule has 2 aromatic rings. The summed E-state index contributed by atoms with van der Waals surface area (Å²) in [4.78, 5) is 2.65. The van der Waals surface area contributed by atoms with Crippen LogP contribution in [0.15, 0.2) is 29.6 Å². The zero-order valence-corrected chi connectivity index (χ0v) is 14.1. The van der Waals surface area contributed by atoms with Gasteiger partial charge in [0.1, 0.15) is 0 Å². The number of hydrogen-bond acceptors (Lipinski definition) is 3. The maximum Gasteiger partial charge on any atom is 0.0346 e. The van der Waals surface area contributed by atoms with Gasteiger partial charge in [0.2, 0.25) is 0 Å². The van der Waals surface area contributed by atoms with Crippen molar-refractivity contribution in [2.24, 2.45) is 5.92 Å². The van der Waals surface area contributed by atoms with Crippen LogP contribution in [0.3, 0.4) is 0 Å². The predicted molar refractivity (Wildman–Crippen MR) is 92.9 cm³/mol. The lowest BCUT2D eigenvalue weighted by molar-refractivity contribution is 0.112. The number of fused-ring (bicyclic) bond motifs is 1. The van der Waals surface area contributed by atoms with Crippen LogP contribution in [0, 0.1) is 5.92 Å². The Balaban J connectivity index is 1.76. The summed E-state index contributed by atoms with van der Waals surface area (Å²) in [7, 11) is 0. The van der Waals surface area contributed by atoms with Crippen LogP contribution < -0.4 is 5.32 Å². The minimum Gasteiger partial charge on any atom is -0.311 e. The molecule has 0 aliphatic carbocycles. The second kappa shape index (κ2) is 6.47. The Bertz CT molecular complexity index is 592. The van der Waals surface area contributed by atoms with Crippen molar-refractivity contribution in [3.8, 4) is 0 Å². The molecule has 3 heteroatoms. The Hall–Kier alpha value is -0.900. The van der Waals surface area contributed by atoms with Crippen molar-refractivity contribution in [3.05, 3.63) is 35.2 Å². The van der Waals surface area contributed by atoms with E-state index in [1.807, 2.05) is 11.3 Å². The highest BCUT2D eigenvalue weighted by Crippen LogP contribution is 2.28. The van der Waals surface area contributed by atoms with Crippen LogP contribution >= 0.6 is 11.3 Å². The van der Waals surface area contributed by atoms with Crippen molar-refractivity contribution in [1.82, 2.24) is 10.2 Å². The fraction of sp³-hybridized carbons (Fsp3) is 0.556. The van der Waals surface area contributed by atoms with E-state index in [-0.39, 0.29) is 0 Å². The molecule has 0 radical (unpaired) electrons. The summed E-state index contributed by atoms with van der Waals surface area (Å²) >= 11 is 1.87. The van der Waals surface area contributed by atoms with Crippen LogP contribution in [0.5, 0.6) is 0 Å². The molecule has 2 heterocycles. The van der Waals surface area contributed by atoms with E-state index < -0.39 is 0 Å². The highest BCUT2D eigenvalue weighted by molar-refractivity contribution is 7.17.